The van der Waals surface area contributed by atoms with Gasteiger partial charge in [-0.3, -0.25) is 4.79 Å². The normalized spacial score (nSPS) is 11.3. The summed E-state index contributed by atoms with van der Waals surface area (Å²) in [6.07, 6.45) is 0.740. The van der Waals surface area contributed by atoms with Crippen LogP contribution in [0.25, 0.3) is 28.1 Å². The fourth-order valence-electron chi connectivity index (χ4n) is 4.25. The Hall–Kier alpha value is -4.01. The Morgan fingerprint density at radius 3 is 2.30 bits per heavy atom. The van der Waals surface area contributed by atoms with Gasteiger partial charge >= 0.3 is 11.9 Å². The molecule has 220 valence electrons. The maximum absolute atomic E-state index is 13.3. The molecule has 0 aliphatic carbocycles. The molecule has 0 spiro atoms. The van der Waals surface area contributed by atoms with Gasteiger partial charge in [-0.2, -0.15) is 5.10 Å². The summed E-state index contributed by atoms with van der Waals surface area (Å²) in [7, 11) is -0.772. The first-order valence-corrected chi connectivity index (χ1v) is 17.2. The monoisotopic (exact) mass is 651 g/mol. The highest BCUT2D eigenvalue weighted by Crippen LogP contribution is 2.32. The molecule has 43 heavy (non-hydrogen) atoms. The van der Waals surface area contributed by atoms with Crippen LogP contribution >= 0.6 is 32.9 Å². The van der Waals surface area contributed by atoms with E-state index in [9.17, 15) is 18.0 Å². The maximum Gasteiger partial charge on any atom is 0.347 e. The van der Waals surface area contributed by atoms with E-state index in [1.54, 1.807) is 51.4 Å². The average molecular weight is 652 g/mol. The summed E-state index contributed by atoms with van der Waals surface area (Å²) in [6, 6.07) is 19.6. The quantitative estimate of drug-likeness (QED) is 0.0785. The first-order chi connectivity index (χ1) is 20.5. The molecular formula is C30H25N3O6S4. The van der Waals surface area contributed by atoms with Crippen LogP contribution in [0.3, 0.4) is 0 Å². The van der Waals surface area contributed by atoms with Crippen molar-refractivity contribution in [1.82, 2.24) is 9.78 Å². The van der Waals surface area contributed by atoms with Gasteiger partial charge in [-0.25, -0.2) is 23.0 Å². The van der Waals surface area contributed by atoms with E-state index in [2.05, 4.69) is 5.10 Å². The van der Waals surface area contributed by atoms with Gasteiger partial charge in [-0.15, -0.1) is 0 Å². The van der Waals surface area contributed by atoms with Crippen LogP contribution in [-0.2, 0) is 14.8 Å². The molecule has 2 heterocycles. The lowest BCUT2D eigenvalue weighted by Crippen LogP contribution is -2.14. The molecule has 3 aromatic carbocycles. The van der Waals surface area contributed by atoms with E-state index in [0.29, 0.717) is 34.8 Å². The topological polar surface area (TPSA) is 131 Å². The number of rotatable bonds is 9. The molecule has 0 unspecified atom stereocenters. The third-order valence-corrected chi connectivity index (χ3v) is 9.89. The average Bonchev–Trinajstić information content (AvgIpc) is 3.58. The molecule has 0 radical (unpaired) electrons. The Kier molecular flexibility index (Phi) is 8.99. The zero-order valence-electron chi connectivity index (χ0n) is 23.0. The predicted octanol–water partition coefficient (Wildman–Crippen LogP) is 6.94. The first kappa shape index (κ1) is 30.4. The summed E-state index contributed by atoms with van der Waals surface area (Å²) in [5.74, 6) is -0.811. The second-order valence-electron chi connectivity index (χ2n) is 9.47. The van der Waals surface area contributed by atoms with Crippen LogP contribution in [0.2, 0.25) is 0 Å². The van der Waals surface area contributed by atoms with Gasteiger partial charge in [0.1, 0.15) is 20.9 Å². The van der Waals surface area contributed by atoms with E-state index in [-0.39, 0.29) is 22.6 Å². The van der Waals surface area contributed by atoms with Crippen molar-refractivity contribution < 1.29 is 27.5 Å². The molecule has 0 bridgehead atoms. The zero-order chi connectivity index (χ0) is 30.7. The van der Waals surface area contributed by atoms with Crippen LogP contribution in [-0.4, -0.2) is 30.1 Å². The number of sulfonamides is 1. The highest BCUT2D eigenvalue weighted by Gasteiger charge is 2.21. The fraction of sp³-hybridized carbons (Fsp3) is 0.133. The standard InChI is InChI=1S/C30H25N3O6S4/c1-3-4-28(34)39-27-16-20(26-15-18(2)32-33(26)21-8-12-23(13-9-21)43(31,36)37)7-14-24(27)29(35)38-22-10-5-19(6-11-22)25-17-41-42-30(25)40/h5-17H,3-4H2,1-2H3,(H2,31,36,37). The second kappa shape index (κ2) is 12.7. The number of nitrogens with zero attached hydrogens (tertiary/aromatic N) is 2. The lowest BCUT2D eigenvalue weighted by molar-refractivity contribution is -0.134. The molecule has 2 aromatic heterocycles. The Balaban J connectivity index is 1.47. The third-order valence-electron chi connectivity index (χ3n) is 6.30. The molecule has 0 atom stereocenters. The minimum atomic E-state index is -3.86. The van der Waals surface area contributed by atoms with E-state index in [4.69, 9.17) is 26.8 Å². The second-order valence-corrected chi connectivity index (χ2v) is 13.8. The Morgan fingerprint density at radius 2 is 1.67 bits per heavy atom. The van der Waals surface area contributed by atoms with Crippen molar-refractivity contribution in [3.63, 3.8) is 0 Å². The summed E-state index contributed by atoms with van der Waals surface area (Å²) in [6.45, 7) is 3.66. The van der Waals surface area contributed by atoms with Crippen LogP contribution in [0.4, 0.5) is 0 Å². The van der Waals surface area contributed by atoms with Crippen LogP contribution in [0, 0.1) is 10.7 Å². The van der Waals surface area contributed by atoms with Crippen molar-refractivity contribution >= 4 is 54.9 Å². The number of carbonyl (C=O) groups is 2. The van der Waals surface area contributed by atoms with Gasteiger partial charge in [0.05, 0.1) is 22.0 Å². The van der Waals surface area contributed by atoms with Gasteiger partial charge < -0.3 is 9.47 Å². The molecule has 2 N–H and O–H groups in total. The third kappa shape index (κ3) is 6.98. The number of ether oxygens (including phenoxy) is 2. The zero-order valence-corrected chi connectivity index (χ0v) is 26.2. The minimum Gasteiger partial charge on any atom is -0.426 e. The van der Waals surface area contributed by atoms with Gasteiger partial charge in [0.2, 0.25) is 10.0 Å². The van der Waals surface area contributed by atoms with Crippen LogP contribution < -0.4 is 14.6 Å². The van der Waals surface area contributed by atoms with Gasteiger partial charge in [0.15, 0.2) is 0 Å². The fourth-order valence-corrected chi connectivity index (χ4v) is 7.16. The van der Waals surface area contributed by atoms with Crippen LogP contribution in [0.1, 0.15) is 35.8 Å². The molecule has 9 nitrogen and oxygen atoms in total. The van der Waals surface area contributed by atoms with Crippen molar-refractivity contribution in [2.75, 3.05) is 0 Å². The molecular weight excluding hydrogens is 627 g/mol. The summed E-state index contributed by atoms with van der Waals surface area (Å²) < 4.78 is 37.1. The van der Waals surface area contributed by atoms with Crippen molar-refractivity contribution in [2.24, 2.45) is 5.14 Å². The van der Waals surface area contributed by atoms with E-state index in [0.717, 1.165) is 15.0 Å². The molecule has 0 aliphatic rings. The number of hydrogen-bond acceptors (Lipinski definition) is 10. The Morgan fingerprint density at radius 1 is 0.977 bits per heavy atom. The SMILES string of the molecule is CCCC(=O)Oc1cc(-c2cc(C)nn2-c2ccc(S(N)(=O)=O)cc2)ccc1C(=O)Oc1ccc(-c2cssc2=S)cc1. The van der Waals surface area contributed by atoms with Crippen molar-refractivity contribution in [3.05, 3.63) is 93.3 Å². The van der Waals surface area contributed by atoms with Gasteiger partial charge in [-0.1, -0.05) is 58.0 Å². The van der Waals surface area contributed by atoms with Crippen molar-refractivity contribution in [3.8, 4) is 39.6 Å². The smallest absolute Gasteiger partial charge is 0.347 e. The van der Waals surface area contributed by atoms with Crippen molar-refractivity contribution in [1.29, 1.82) is 0 Å². The number of carbonyl (C=O) groups excluding carboxylic acids is 2. The van der Waals surface area contributed by atoms with Crippen LogP contribution in [0.5, 0.6) is 11.5 Å². The number of esters is 2. The lowest BCUT2D eigenvalue weighted by atomic mass is 10.1. The minimum absolute atomic E-state index is 0.0265. The van der Waals surface area contributed by atoms with E-state index < -0.39 is 22.0 Å². The summed E-state index contributed by atoms with van der Waals surface area (Å²) in [5, 5.41) is 11.8. The summed E-state index contributed by atoms with van der Waals surface area (Å²) >= 11 is 5.37. The van der Waals surface area contributed by atoms with Crippen LogP contribution in [0.15, 0.2) is 83.1 Å². The molecule has 0 fully saturated rings. The molecule has 0 amide bonds. The summed E-state index contributed by atoms with van der Waals surface area (Å²) in [4.78, 5) is 25.8. The van der Waals surface area contributed by atoms with E-state index in [1.165, 1.54) is 28.5 Å². The number of benzene rings is 3. The van der Waals surface area contributed by atoms with Gasteiger partial charge in [0.25, 0.3) is 0 Å². The summed E-state index contributed by atoms with van der Waals surface area (Å²) in [5.41, 5.74) is 4.45. The molecule has 13 heteroatoms. The van der Waals surface area contributed by atoms with Gasteiger partial charge in [0, 0.05) is 22.9 Å². The molecule has 0 aliphatic heterocycles. The highest BCUT2D eigenvalue weighted by molar-refractivity contribution is 7.89. The number of primary sulfonamides is 1. The Bertz CT molecular complexity index is 1980. The van der Waals surface area contributed by atoms with Gasteiger partial charge in [-0.05, 0) is 73.5 Å². The molecule has 5 rings (SSSR count). The largest absolute Gasteiger partial charge is 0.426 e. The van der Waals surface area contributed by atoms with Crippen molar-refractivity contribution in [2.45, 2.75) is 31.6 Å². The lowest BCUT2D eigenvalue weighted by Gasteiger charge is -2.13. The van der Waals surface area contributed by atoms with E-state index in [1.807, 2.05) is 37.4 Å². The number of hydrogen-bond donors (Lipinski definition) is 1. The number of aromatic nitrogens is 2. The molecule has 0 saturated heterocycles. The number of aryl methyl sites for hydroxylation is 1. The predicted molar refractivity (Wildman–Crippen MR) is 169 cm³/mol. The van der Waals surface area contributed by atoms with E-state index >= 15 is 0 Å². The highest BCUT2D eigenvalue weighted by atomic mass is 32.9. The first-order valence-electron chi connectivity index (χ1n) is 13.0. The maximum atomic E-state index is 13.3. The molecule has 0 saturated carbocycles. The molecule has 5 aromatic rings. The number of nitrogens with two attached hydrogens (primary N) is 1. The Labute approximate surface area is 260 Å².